The van der Waals surface area contributed by atoms with Crippen LogP contribution in [0.3, 0.4) is 0 Å². The van der Waals surface area contributed by atoms with Crippen LogP contribution in [0.15, 0.2) is 58.8 Å². The smallest absolute Gasteiger partial charge is 0.409 e. The summed E-state index contributed by atoms with van der Waals surface area (Å²) in [4.78, 5) is 2.06. The molecule has 0 aliphatic heterocycles. The molecule has 0 radical (unpaired) electrons. The number of azo groups is 1. The summed E-state index contributed by atoms with van der Waals surface area (Å²) in [6, 6.07) is 15.8. The van der Waals surface area contributed by atoms with Crippen LogP contribution in [0.2, 0.25) is 0 Å². The molecule has 0 spiro atoms. The summed E-state index contributed by atoms with van der Waals surface area (Å²) in [7, 11) is -2.66. The van der Waals surface area contributed by atoms with Crippen molar-refractivity contribution in [1.82, 2.24) is 0 Å². The van der Waals surface area contributed by atoms with Crippen molar-refractivity contribution in [1.29, 1.82) is 0 Å². The van der Waals surface area contributed by atoms with Gasteiger partial charge in [-0.1, -0.05) is 12.1 Å². The summed E-state index contributed by atoms with van der Waals surface area (Å²) in [5.41, 5.74) is 2.83. The van der Waals surface area contributed by atoms with E-state index in [1.807, 2.05) is 54.9 Å². The Labute approximate surface area is 174 Å². The van der Waals surface area contributed by atoms with Crippen molar-refractivity contribution in [2.24, 2.45) is 17.3 Å². The minimum Gasteiger partial charge on any atom is -0.726 e. The molecule has 8 nitrogen and oxygen atoms in total. The van der Waals surface area contributed by atoms with Gasteiger partial charge in [0.15, 0.2) is 0 Å². The van der Waals surface area contributed by atoms with E-state index in [1.54, 1.807) is 11.3 Å². The highest BCUT2D eigenvalue weighted by Crippen LogP contribution is 2.27. The van der Waals surface area contributed by atoms with Gasteiger partial charge in [0.2, 0.25) is 10.4 Å². The Balaban J connectivity index is 1.64. The van der Waals surface area contributed by atoms with Gasteiger partial charge in [-0.3, -0.25) is 4.18 Å². The Kier molecular flexibility index (Phi) is 6.91. The van der Waals surface area contributed by atoms with Crippen molar-refractivity contribution in [3.05, 3.63) is 48.5 Å². The van der Waals surface area contributed by atoms with E-state index in [0.29, 0.717) is 13.0 Å². The quantitative estimate of drug-likeness (QED) is 0.168. The van der Waals surface area contributed by atoms with Gasteiger partial charge in [-0.25, -0.2) is 13.0 Å². The van der Waals surface area contributed by atoms with E-state index in [0.717, 1.165) is 33.3 Å². The molecule has 1 aromatic heterocycles. The number of hydrogen-bond donors (Lipinski definition) is 0. The zero-order valence-corrected chi connectivity index (χ0v) is 17.8. The highest BCUT2D eigenvalue weighted by molar-refractivity contribution is 7.80. The average Bonchev–Trinajstić information content (AvgIpc) is 3.02. The lowest BCUT2D eigenvalue weighted by Crippen LogP contribution is -2.25. The fraction of sp³-hybridized carbons (Fsp3) is 0.316. The molecule has 0 unspecified atom stereocenters. The normalized spacial score (nSPS) is 12.1. The molecule has 1 heterocycles. The fourth-order valence-corrected chi connectivity index (χ4v) is 4.19. The Bertz CT molecular complexity index is 1100. The van der Waals surface area contributed by atoms with Crippen molar-refractivity contribution >= 4 is 48.5 Å². The number of thiazole rings is 1. The molecule has 3 aromatic rings. The number of fused-ring (bicyclic) bond motifs is 1. The molecule has 0 fully saturated rings. The van der Waals surface area contributed by atoms with Gasteiger partial charge in [-0.2, -0.15) is 0 Å². The van der Waals surface area contributed by atoms with Gasteiger partial charge in [-0.15, -0.1) is 0 Å². The van der Waals surface area contributed by atoms with E-state index in [-0.39, 0.29) is 6.61 Å². The van der Waals surface area contributed by atoms with Gasteiger partial charge < -0.3 is 9.45 Å². The second kappa shape index (κ2) is 9.40. The van der Waals surface area contributed by atoms with Crippen molar-refractivity contribution in [2.75, 3.05) is 24.6 Å². The van der Waals surface area contributed by atoms with Crippen molar-refractivity contribution in [3.63, 3.8) is 0 Å². The lowest BCUT2D eigenvalue weighted by Gasteiger charge is -2.23. The van der Waals surface area contributed by atoms with Crippen molar-refractivity contribution in [3.8, 4) is 0 Å². The number of aromatic nitrogens is 1. The molecule has 0 saturated heterocycles. The molecule has 0 amide bonds. The summed E-state index contributed by atoms with van der Waals surface area (Å²) in [5.74, 6) is 0. The van der Waals surface area contributed by atoms with Gasteiger partial charge in [-0.05, 0) is 66.2 Å². The van der Waals surface area contributed by atoms with Crippen LogP contribution < -0.4 is 9.47 Å². The molecule has 0 aliphatic carbocycles. The summed E-state index contributed by atoms with van der Waals surface area (Å²) < 4.78 is 38.9. The molecule has 0 bridgehead atoms. The van der Waals surface area contributed by atoms with Gasteiger partial charge in [0.25, 0.3) is 0 Å². The SMILES string of the molecule is CCN(CCCOS(=O)(=O)[O-])c1ccc(N=Nc2sc3ccccc3[n+]2C)cc1. The van der Waals surface area contributed by atoms with Gasteiger partial charge in [0.1, 0.15) is 11.2 Å². The monoisotopic (exact) mass is 434 g/mol. The van der Waals surface area contributed by atoms with Gasteiger partial charge >= 0.3 is 5.13 Å². The maximum absolute atomic E-state index is 10.5. The molecule has 0 N–H and O–H groups in total. The van der Waals surface area contributed by atoms with E-state index < -0.39 is 10.4 Å². The minimum atomic E-state index is -4.63. The molecular weight excluding hydrogens is 412 g/mol. The topological polar surface area (TPSA) is 98.3 Å². The number of benzene rings is 2. The van der Waals surface area contributed by atoms with Gasteiger partial charge in [0, 0.05) is 18.8 Å². The molecule has 10 heteroatoms. The number of aryl methyl sites for hydroxylation is 1. The fourth-order valence-electron chi connectivity index (χ4n) is 2.89. The third-order valence-corrected chi connectivity index (χ3v) is 5.92. The van der Waals surface area contributed by atoms with Gasteiger partial charge in [0.05, 0.1) is 23.5 Å². The summed E-state index contributed by atoms with van der Waals surface area (Å²) in [5, 5.41) is 9.54. The lowest BCUT2D eigenvalue weighted by molar-refractivity contribution is -0.627. The van der Waals surface area contributed by atoms with Crippen molar-refractivity contribution < 1.29 is 21.7 Å². The Morgan fingerprint density at radius 1 is 1.14 bits per heavy atom. The second-order valence-electron chi connectivity index (χ2n) is 6.29. The van der Waals surface area contributed by atoms with E-state index in [9.17, 15) is 13.0 Å². The van der Waals surface area contributed by atoms with E-state index in [1.165, 1.54) is 0 Å². The van der Waals surface area contributed by atoms with Crippen LogP contribution in [0.4, 0.5) is 16.5 Å². The molecule has 154 valence electrons. The average molecular weight is 435 g/mol. The summed E-state index contributed by atoms with van der Waals surface area (Å²) >= 11 is 1.59. The first-order valence-corrected chi connectivity index (χ1v) is 11.3. The Morgan fingerprint density at radius 2 is 1.86 bits per heavy atom. The molecular formula is C19H22N4O4S2. The van der Waals surface area contributed by atoms with Crippen LogP contribution in [0.25, 0.3) is 10.2 Å². The number of rotatable bonds is 9. The predicted molar refractivity (Wildman–Crippen MR) is 112 cm³/mol. The van der Waals surface area contributed by atoms with Crippen molar-refractivity contribution in [2.45, 2.75) is 13.3 Å². The second-order valence-corrected chi connectivity index (χ2v) is 8.35. The summed E-state index contributed by atoms with van der Waals surface area (Å²) in [6.45, 7) is 3.19. The molecule has 0 aliphatic rings. The number of anilines is 1. The first kappa shape index (κ1) is 21.3. The first-order chi connectivity index (χ1) is 13.9. The maximum atomic E-state index is 10.5. The predicted octanol–water partition coefficient (Wildman–Crippen LogP) is 3.83. The standard InChI is InChI=1S/C19H22N4O4S2/c1-3-23(13-6-14-27-29(24,25)26)16-11-9-15(10-12-16)20-21-19-22(2)17-7-4-5-8-18(17)28-19/h4-5,7-12H,3,6,13-14H2,1-2H3. The molecule has 2 aromatic carbocycles. The molecule has 29 heavy (non-hydrogen) atoms. The zero-order valence-electron chi connectivity index (χ0n) is 16.2. The van der Waals surface area contributed by atoms with Crippen LogP contribution in [0.5, 0.6) is 0 Å². The van der Waals surface area contributed by atoms with Crippen LogP contribution in [-0.4, -0.2) is 32.7 Å². The van der Waals surface area contributed by atoms with Crippen LogP contribution in [-0.2, 0) is 21.6 Å². The van der Waals surface area contributed by atoms with E-state index in [4.69, 9.17) is 0 Å². The molecule has 0 saturated carbocycles. The zero-order chi connectivity index (χ0) is 20.9. The third kappa shape index (κ3) is 5.80. The van der Waals surface area contributed by atoms with E-state index >= 15 is 0 Å². The summed E-state index contributed by atoms with van der Waals surface area (Å²) in [6.07, 6.45) is 0.430. The van der Waals surface area contributed by atoms with Crippen LogP contribution in [0.1, 0.15) is 13.3 Å². The third-order valence-electron chi connectivity index (χ3n) is 4.36. The number of hydrogen-bond acceptors (Lipinski definition) is 8. The number of nitrogens with zero attached hydrogens (tertiary/aromatic N) is 4. The maximum Gasteiger partial charge on any atom is 0.409 e. The highest BCUT2D eigenvalue weighted by atomic mass is 32.3. The highest BCUT2D eigenvalue weighted by Gasteiger charge is 2.15. The molecule has 3 rings (SSSR count). The lowest BCUT2D eigenvalue weighted by atomic mass is 10.2. The minimum absolute atomic E-state index is 0.124. The molecule has 0 atom stereocenters. The first-order valence-electron chi connectivity index (χ1n) is 9.12. The van der Waals surface area contributed by atoms with E-state index in [2.05, 4.69) is 31.4 Å². The van der Waals surface area contributed by atoms with Crippen LogP contribution in [0, 0.1) is 0 Å². The number of para-hydroxylation sites is 1. The largest absolute Gasteiger partial charge is 0.726 e. The van der Waals surface area contributed by atoms with Crippen LogP contribution >= 0.6 is 11.3 Å². The Morgan fingerprint density at radius 3 is 2.52 bits per heavy atom. The Hall–Kier alpha value is -2.40.